The molecule has 0 spiro atoms. The molecule has 1 aromatic carbocycles. The summed E-state index contributed by atoms with van der Waals surface area (Å²) in [5.74, 6) is -0.550. The van der Waals surface area contributed by atoms with Crippen molar-refractivity contribution in [2.75, 3.05) is 0 Å². The van der Waals surface area contributed by atoms with Crippen LogP contribution in [0.25, 0.3) is 11.3 Å². The molecule has 0 radical (unpaired) electrons. The molecule has 0 amide bonds. The minimum absolute atomic E-state index is 0.272. The van der Waals surface area contributed by atoms with E-state index in [-0.39, 0.29) is 5.69 Å². The first-order valence-electron chi connectivity index (χ1n) is 4.00. The summed E-state index contributed by atoms with van der Waals surface area (Å²) in [6.07, 6.45) is 2.80. The van der Waals surface area contributed by atoms with Gasteiger partial charge in [-0.05, 0) is 12.1 Å². The molecule has 14 heavy (non-hydrogen) atoms. The van der Waals surface area contributed by atoms with E-state index in [1.54, 1.807) is 12.1 Å². The molecule has 0 fully saturated rings. The Morgan fingerprint density at radius 2 is 1.93 bits per heavy atom. The largest absolute Gasteiger partial charge is 0.250 e. The third-order valence-corrected chi connectivity index (χ3v) is 2.24. The molecular weight excluding hydrogens is 247 g/mol. The highest BCUT2D eigenvalue weighted by Crippen LogP contribution is 2.21. The van der Waals surface area contributed by atoms with Crippen molar-refractivity contribution in [3.05, 3.63) is 47.1 Å². The molecule has 0 N–H and O–H groups in total. The van der Waals surface area contributed by atoms with Crippen molar-refractivity contribution >= 4 is 15.9 Å². The molecule has 0 saturated heterocycles. The summed E-state index contributed by atoms with van der Waals surface area (Å²) in [6, 6.07) is 7.29. The monoisotopic (exact) mass is 252 g/mol. The van der Waals surface area contributed by atoms with E-state index in [2.05, 4.69) is 25.9 Å². The summed E-state index contributed by atoms with van der Waals surface area (Å²) in [5.41, 5.74) is 0.985. The molecule has 1 aromatic heterocycles. The van der Waals surface area contributed by atoms with Crippen molar-refractivity contribution in [1.82, 2.24) is 9.97 Å². The van der Waals surface area contributed by atoms with Gasteiger partial charge in [-0.25, -0.2) is 9.97 Å². The van der Waals surface area contributed by atoms with Gasteiger partial charge in [0.15, 0.2) is 0 Å². The maximum Gasteiger partial charge on any atom is 0.239 e. The topological polar surface area (TPSA) is 25.8 Å². The molecule has 70 valence electrons. The van der Waals surface area contributed by atoms with Crippen LogP contribution in [0.1, 0.15) is 0 Å². The molecule has 2 aromatic rings. The van der Waals surface area contributed by atoms with E-state index < -0.39 is 5.95 Å². The number of hydrogen-bond acceptors (Lipinski definition) is 2. The molecule has 0 aliphatic carbocycles. The smallest absolute Gasteiger partial charge is 0.239 e. The normalized spacial score (nSPS) is 10.1. The zero-order valence-corrected chi connectivity index (χ0v) is 8.70. The molecule has 1 heterocycles. The predicted molar refractivity (Wildman–Crippen MR) is 55.1 cm³/mol. The lowest BCUT2D eigenvalue weighted by molar-refractivity contribution is 0.581. The summed E-state index contributed by atoms with van der Waals surface area (Å²) in [6.45, 7) is 0. The number of hydrogen-bond donors (Lipinski definition) is 0. The molecule has 4 heteroatoms. The lowest BCUT2D eigenvalue weighted by Crippen LogP contribution is -1.91. The Morgan fingerprint density at radius 1 is 1.14 bits per heavy atom. The van der Waals surface area contributed by atoms with Crippen molar-refractivity contribution < 1.29 is 4.39 Å². The van der Waals surface area contributed by atoms with Gasteiger partial charge in [0.2, 0.25) is 5.95 Å². The second-order valence-electron chi connectivity index (χ2n) is 2.71. The zero-order valence-electron chi connectivity index (χ0n) is 7.11. The molecule has 0 saturated carbocycles. The van der Waals surface area contributed by atoms with Gasteiger partial charge < -0.3 is 0 Å². The Kier molecular flexibility index (Phi) is 2.54. The highest BCUT2D eigenvalue weighted by atomic mass is 79.9. The van der Waals surface area contributed by atoms with Crippen LogP contribution in [-0.4, -0.2) is 9.97 Å². The van der Waals surface area contributed by atoms with Crippen LogP contribution in [0.3, 0.4) is 0 Å². The van der Waals surface area contributed by atoms with Gasteiger partial charge in [0, 0.05) is 22.4 Å². The predicted octanol–water partition coefficient (Wildman–Crippen LogP) is 3.05. The van der Waals surface area contributed by atoms with Crippen LogP contribution in [0.2, 0.25) is 0 Å². The molecule has 0 aliphatic heterocycles. The van der Waals surface area contributed by atoms with Crippen LogP contribution >= 0.6 is 15.9 Å². The van der Waals surface area contributed by atoms with E-state index in [0.29, 0.717) is 5.56 Å². The highest BCUT2D eigenvalue weighted by molar-refractivity contribution is 9.10. The highest BCUT2D eigenvalue weighted by Gasteiger charge is 2.06. The van der Waals surface area contributed by atoms with E-state index in [1.165, 1.54) is 12.4 Å². The van der Waals surface area contributed by atoms with Gasteiger partial charge in [0.25, 0.3) is 0 Å². The van der Waals surface area contributed by atoms with Gasteiger partial charge in [-0.2, -0.15) is 4.39 Å². The first-order valence-corrected chi connectivity index (χ1v) is 4.79. The van der Waals surface area contributed by atoms with Crippen molar-refractivity contribution in [3.63, 3.8) is 0 Å². The lowest BCUT2D eigenvalue weighted by Gasteiger charge is -2.00. The molecule has 0 unspecified atom stereocenters. The van der Waals surface area contributed by atoms with Crippen LogP contribution in [0.15, 0.2) is 41.1 Å². The average molecular weight is 253 g/mol. The summed E-state index contributed by atoms with van der Waals surface area (Å²) < 4.78 is 14.1. The van der Waals surface area contributed by atoms with E-state index in [1.807, 2.05) is 12.1 Å². The van der Waals surface area contributed by atoms with Crippen LogP contribution in [0, 0.1) is 5.95 Å². The van der Waals surface area contributed by atoms with Crippen molar-refractivity contribution in [1.29, 1.82) is 0 Å². The Bertz CT molecular complexity index is 459. The minimum Gasteiger partial charge on any atom is -0.250 e. The van der Waals surface area contributed by atoms with Crippen LogP contribution < -0.4 is 0 Å². The van der Waals surface area contributed by atoms with Gasteiger partial charge in [-0.3, -0.25) is 0 Å². The van der Waals surface area contributed by atoms with Gasteiger partial charge >= 0.3 is 0 Å². The van der Waals surface area contributed by atoms with Gasteiger partial charge in [0.1, 0.15) is 5.69 Å². The van der Waals surface area contributed by atoms with Gasteiger partial charge in [0.05, 0.1) is 0 Å². The van der Waals surface area contributed by atoms with E-state index in [4.69, 9.17) is 0 Å². The first kappa shape index (κ1) is 9.27. The molecule has 2 nitrogen and oxygen atoms in total. The number of aromatic nitrogens is 2. The van der Waals surface area contributed by atoms with Gasteiger partial charge in [-0.15, -0.1) is 0 Å². The number of halogens is 2. The zero-order chi connectivity index (χ0) is 9.97. The average Bonchev–Trinajstić information content (AvgIpc) is 2.18. The standard InChI is InChI=1S/C10H6BrFN2/c11-8-3-1-2-7(6-8)9-10(12)14-5-4-13-9/h1-6H. The fourth-order valence-corrected chi connectivity index (χ4v) is 1.55. The Morgan fingerprint density at radius 3 is 2.64 bits per heavy atom. The fourth-order valence-electron chi connectivity index (χ4n) is 1.15. The summed E-state index contributed by atoms with van der Waals surface area (Å²) in [7, 11) is 0. The Labute approximate surface area is 89.0 Å². The van der Waals surface area contributed by atoms with E-state index >= 15 is 0 Å². The molecular formula is C10H6BrFN2. The van der Waals surface area contributed by atoms with Crippen molar-refractivity contribution in [2.45, 2.75) is 0 Å². The molecule has 0 bridgehead atoms. The Balaban J connectivity index is 2.55. The van der Waals surface area contributed by atoms with Crippen molar-refractivity contribution in [3.8, 4) is 11.3 Å². The summed E-state index contributed by atoms with van der Waals surface area (Å²) >= 11 is 3.31. The Hall–Kier alpha value is -1.29. The number of nitrogens with zero attached hydrogens (tertiary/aromatic N) is 2. The quantitative estimate of drug-likeness (QED) is 0.780. The lowest BCUT2D eigenvalue weighted by atomic mass is 10.2. The van der Waals surface area contributed by atoms with Crippen LogP contribution in [-0.2, 0) is 0 Å². The van der Waals surface area contributed by atoms with Crippen molar-refractivity contribution in [2.24, 2.45) is 0 Å². The van der Waals surface area contributed by atoms with Gasteiger partial charge in [-0.1, -0.05) is 28.1 Å². The fraction of sp³-hybridized carbons (Fsp3) is 0. The van der Waals surface area contributed by atoms with E-state index in [9.17, 15) is 4.39 Å². The SMILES string of the molecule is Fc1nccnc1-c1cccc(Br)c1. The molecule has 2 rings (SSSR count). The number of rotatable bonds is 1. The van der Waals surface area contributed by atoms with Crippen LogP contribution in [0.4, 0.5) is 4.39 Å². The molecule has 0 atom stereocenters. The first-order chi connectivity index (χ1) is 6.77. The molecule has 0 aliphatic rings. The summed E-state index contributed by atoms with van der Waals surface area (Å²) in [5, 5.41) is 0. The maximum absolute atomic E-state index is 13.2. The summed E-state index contributed by atoms with van der Waals surface area (Å²) in [4.78, 5) is 7.47. The maximum atomic E-state index is 13.2. The number of benzene rings is 1. The third kappa shape index (κ3) is 1.80. The second-order valence-corrected chi connectivity index (χ2v) is 3.62. The minimum atomic E-state index is -0.550. The van der Waals surface area contributed by atoms with Crippen LogP contribution in [0.5, 0.6) is 0 Å². The second kappa shape index (κ2) is 3.84. The van der Waals surface area contributed by atoms with E-state index in [0.717, 1.165) is 4.47 Å². The third-order valence-electron chi connectivity index (χ3n) is 1.75.